The van der Waals surface area contributed by atoms with Crippen LogP contribution in [0.1, 0.15) is 0 Å². The molecule has 2 nitrogen and oxygen atoms in total. The van der Waals surface area contributed by atoms with Crippen LogP contribution in [0.25, 0.3) is 33.2 Å². The minimum Gasteiger partial charge on any atom is -0.338 e. The zero-order valence-electron chi connectivity index (χ0n) is 10.9. The molecule has 0 radical (unpaired) electrons. The third-order valence-corrected chi connectivity index (χ3v) is 4.51. The average Bonchev–Trinajstić information content (AvgIpc) is 2.89. The van der Waals surface area contributed by atoms with Gasteiger partial charge in [-0.1, -0.05) is 50.1 Å². The molecule has 1 N–H and O–H groups in total. The summed E-state index contributed by atoms with van der Waals surface area (Å²) in [6.07, 6.45) is 0. The topological polar surface area (TPSA) is 28.7 Å². The van der Waals surface area contributed by atoms with Crippen LogP contribution < -0.4 is 0 Å². The maximum atomic E-state index is 4.66. The number of benzene rings is 3. The lowest BCUT2D eigenvalue weighted by molar-refractivity contribution is 1.34. The lowest BCUT2D eigenvalue weighted by atomic mass is 10.1. The molecule has 4 aromatic rings. The molecule has 4 heteroatoms. The van der Waals surface area contributed by atoms with Gasteiger partial charge in [-0.25, -0.2) is 4.98 Å². The molecule has 1 aromatic heterocycles. The minimum atomic E-state index is 0.896. The van der Waals surface area contributed by atoms with Crippen molar-refractivity contribution < 1.29 is 0 Å². The molecule has 3 aromatic carbocycles. The van der Waals surface area contributed by atoms with Gasteiger partial charge in [-0.15, -0.1) is 0 Å². The van der Waals surface area contributed by atoms with E-state index in [0.717, 1.165) is 31.4 Å². The highest BCUT2D eigenvalue weighted by Gasteiger charge is 2.06. The Morgan fingerprint density at radius 1 is 0.762 bits per heavy atom. The normalized spacial score (nSPS) is 11.3. The third kappa shape index (κ3) is 2.39. The van der Waals surface area contributed by atoms with Gasteiger partial charge in [-0.05, 0) is 47.2 Å². The van der Waals surface area contributed by atoms with E-state index in [1.165, 1.54) is 10.8 Å². The lowest BCUT2D eigenvalue weighted by Gasteiger charge is -2.01. The molecule has 0 spiro atoms. The third-order valence-electron chi connectivity index (χ3n) is 3.52. The Hall–Kier alpha value is -1.65. The SMILES string of the molecule is Brc1ccc2cc(-c3nc4ccc(Br)cc4[nH]3)ccc2c1. The summed E-state index contributed by atoms with van der Waals surface area (Å²) in [5.74, 6) is 0.896. The molecular weight excluding hydrogens is 392 g/mol. The number of H-pyrrole nitrogens is 1. The van der Waals surface area contributed by atoms with Gasteiger partial charge in [0, 0.05) is 14.5 Å². The van der Waals surface area contributed by atoms with Gasteiger partial charge in [0.25, 0.3) is 0 Å². The van der Waals surface area contributed by atoms with Gasteiger partial charge in [0.05, 0.1) is 11.0 Å². The Labute approximate surface area is 138 Å². The van der Waals surface area contributed by atoms with Gasteiger partial charge < -0.3 is 4.98 Å². The summed E-state index contributed by atoms with van der Waals surface area (Å²) in [7, 11) is 0. The molecule has 0 atom stereocenters. The van der Waals surface area contributed by atoms with Crippen LogP contribution in [-0.4, -0.2) is 9.97 Å². The summed E-state index contributed by atoms with van der Waals surface area (Å²) in [6.45, 7) is 0. The van der Waals surface area contributed by atoms with Gasteiger partial charge in [0.2, 0.25) is 0 Å². The number of hydrogen-bond acceptors (Lipinski definition) is 1. The van der Waals surface area contributed by atoms with Crippen LogP contribution in [0.15, 0.2) is 63.5 Å². The van der Waals surface area contributed by atoms with Crippen molar-refractivity contribution in [3.63, 3.8) is 0 Å². The van der Waals surface area contributed by atoms with Gasteiger partial charge >= 0.3 is 0 Å². The summed E-state index contributed by atoms with van der Waals surface area (Å²) in [6, 6.07) is 18.7. The van der Waals surface area contributed by atoms with E-state index in [9.17, 15) is 0 Å². The first-order chi connectivity index (χ1) is 10.2. The van der Waals surface area contributed by atoms with Crippen LogP contribution in [0, 0.1) is 0 Å². The van der Waals surface area contributed by atoms with E-state index in [-0.39, 0.29) is 0 Å². The van der Waals surface area contributed by atoms with Crippen LogP contribution in [0.2, 0.25) is 0 Å². The largest absolute Gasteiger partial charge is 0.338 e. The highest BCUT2D eigenvalue weighted by molar-refractivity contribution is 9.10. The van der Waals surface area contributed by atoms with Crippen molar-refractivity contribution in [2.45, 2.75) is 0 Å². The fourth-order valence-corrected chi connectivity index (χ4v) is 3.22. The zero-order chi connectivity index (χ0) is 14.4. The van der Waals surface area contributed by atoms with Crippen molar-refractivity contribution in [3.8, 4) is 11.4 Å². The van der Waals surface area contributed by atoms with Crippen molar-refractivity contribution in [1.82, 2.24) is 9.97 Å². The second-order valence-electron chi connectivity index (χ2n) is 4.95. The molecular formula is C17H10Br2N2. The van der Waals surface area contributed by atoms with Gasteiger partial charge in [0.1, 0.15) is 5.82 Å². The summed E-state index contributed by atoms with van der Waals surface area (Å²) in [5.41, 5.74) is 3.11. The Morgan fingerprint density at radius 3 is 2.38 bits per heavy atom. The predicted molar refractivity (Wildman–Crippen MR) is 94.4 cm³/mol. The number of hydrogen-bond donors (Lipinski definition) is 1. The molecule has 4 rings (SSSR count). The molecule has 21 heavy (non-hydrogen) atoms. The average molecular weight is 402 g/mol. The first-order valence-electron chi connectivity index (χ1n) is 6.54. The van der Waals surface area contributed by atoms with Gasteiger partial charge in [-0.3, -0.25) is 0 Å². The summed E-state index contributed by atoms with van der Waals surface area (Å²) in [4.78, 5) is 8.04. The number of nitrogens with zero attached hydrogens (tertiary/aromatic N) is 1. The van der Waals surface area contributed by atoms with E-state index < -0.39 is 0 Å². The Balaban J connectivity index is 1.89. The lowest BCUT2D eigenvalue weighted by Crippen LogP contribution is -1.81. The molecule has 0 saturated carbocycles. The van der Waals surface area contributed by atoms with Crippen molar-refractivity contribution in [1.29, 1.82) is 0 Å². The molecule has 0 aliphatic heterocycles. The Morgan fingerprint density at radius 2 is 1.48 bits per heavy atom. The van der Waals surface area contributed by atoms with Crippen LogP contribution in [-0.2, 0) is 0 Å². The maximum Gasteiger partial charge on any atom is 0.138 e. The number of aromatic amines is 1. The first kappa shape index (κ1) is 13.0. The van der Waals surface area contributed by atoms with Crippen molar-refractivity contribution in [3.05, 3.63) is 63.5 Å². The highest BCUT2D eigenvalue weighted by atomic mass is 79.9. The minimum absolute atomic E-state index is 0.896. The Kier molecular flexibility index (Phi) is 3.08. The molecule has 0 amide bonds. The van der Waals surface area contributed by atoms with Crippen LogP contribution >= 0.6 is 31.9 Å². The first-order valence-corrected chi connectivity index (χ1v) is 8.13. The molecule has 1 heterocycles. The van der Waals surface area contributed by atoms with Crippen LogP contribution in [0.5, 0.6) is 0 Å². The number of nitrogens with one attached hydrogen (secondary N) is 1. The number of fused-ring (bicyclic) bond motifs is 2. The molecule has 0 saturated heterocycles. The van der Waals surface area contributed by atoms with Gasteiger partial charge in [0.15, 0.2) is 0 Å². The summed E-state index contributed by atoms with van der Waals surface area (Å²) >= 11 is 6.99. The second-order valence-corrected chi connectivity index (χ2v) is 6.78. The van der Waals surface area contributed by atoms with Crippen molar-refractivity contribution >= 4 is 53.7 Å². The quantitative estimate of drug-likeness (QED) is 0.422. The summed E-state index contributed by atoms with van der Waals surface area (Å²) in [5, 5.41) is 2.42. The number of rotatable bonds is 1. The maximum absolute atomic E-state index is 4.66. The monoisotopic (exact) mass is 400 g/mol. The van der Waals surface area contributed by atoms with Crippen LogP contribution in [0.4, 0.5) is 0 Å². The summed E-state index contributed by atoms with van der Waals surface area (Å²) < 4.78 is 2.14. The van der Waals surface area contributed by atoms with Gasteiger partial charge in [-0.2, -0.15) is 0 Å². The number of aromatic nitrogens is 2. The van der Waals surface area contributed by atoms with E-state index in [2.05, 4.69) is 78.2 Å². The highest BCUT2D eigenvalue weighted by Crippen LogP contribution is 2.27. The Bertz CT molecular complexity index is 973. The van der Waals surface area contributed by atoms with Crippen LogP contribution in [0.3, 0.4) is 0 Å². The molecule has 102 valence electrons. The molecule has 0 bridgehead atoms. The number of imidazole rings is 1. The number of halogens is 2. The van der Waals surface area contributed by atoms with Crippen molar-refractivity contribution in [2.24, 2.45) is 0 Å². The second kappa shape index (κ2) is 4.97. The smallest absolute Gasteiger partial charge is 0.138 e. The van der Waals surface area contributed by atoms with E-state index in [1.54, 1.807) is 0 Å². The van der Waals surface area contributed by atoms with Crippen molar-refractivity contribution in [2.75, 3.05) is 0 Å². The van der Waals surface area contributed by atoms with E-state index >= 15 is 0 Å². The molecule has 0 aliphatic rings. The zero-order valence-corrected chi connectivity index (χ0v) is 14.1. The molecule has 0 unspecified atom stereocenters. The fourth-order valence-electron chi connectivity index (χ4n) is 2.48. The van der Waals surface area contributed by atoms with E-state index in [1.807, 2.05) is 18.2 Å². The molecule has 0 fully saturated rings. The van der Waals surface area contributed by atoms with E-state index in [4.69, 9.17) is 0 Å². The standard InChI is InChI=1S/C17H10Br2N2/c18-13-4-3-10-7-12(2-1-11(10)8-13)17-20-15-6-5-14(19)9-16(15)21-17/h1-9H,(H,20,21). The molecule has 0 aliphatic carbocycles. The fraction of sp³-hybridized carbons (Fsp3) is 0. The van der Waals surface area contributed by atoms with E-state index in [0.29, 0.717) is 0 Å². The predicted octanol–water partition coefficient (Wildman–Crippen LogP) is 5.91.